The Balaban J connectivity index is 4.30. The van der Waals surface area contributed by atoms with Crippen molar-refractivity contribution in [3.05, 3.63) is 0 Å². The SMILES string of the molecule is CCCCCCCCCCCC[N+](CCO)(CCO)CCCCCCCC[N+](CCO)(CCO)CCCCCCCCCCCC. The first-order chi connectivity index (χ1) is 22.6. The molecular formula is C40H86N2O4+2. The molecule has 0 rings (SSSR count). The van der Waals surface area contributed by atoms with Crippen LogP contribution in [0.1, 0.15) is 181 Å². The molecule has 0 amide bonds. The van der Waals surface area contributed by atoms with E-state index in [1.54, 1.807) is 0 Å². The Kier molecular flexibility index (Phi) is 34.4. The second-order valence-corrected chi connectivity index (χ2v) is 14.9. The van der Waals surface area contributed by atoms with Crippen LogP contribution in [0, 0.1) is 0 Å². The lowest BCUT2D eigenvalue weighted by atomic mass is 10.1. The molecule has 0 radical (unpaired) electrons. The molecule has 0 aromatic carbocycles. The Morgan fingerprint density at radius 1 is 0.239 bits per heavy atom. The summed E-state index contributed by atoms with van der Waals surface area (Å²) in [6.45, 7) is 12.8. The molecule has 0 saturated carbocycles. The number of quaternary nitrogens is 2. The quantitative estimate of drug-likeness (QED) is 0.0393. The number of rotatable bonds is 39. The zero-order valence-corrected chi connectivity index (χ0v) is 31.6. The third-order valence-corrected chi connectivity index (χ3v) is 10.8. The lowest BCUT2D eigenvalue weighted by Crippen LogP contribution is -2.53. The average Bonchev–Trinajstić information content (AvgIpc) is 3.04. The highest BCUT2D eigenvalue weighted by molar-refractivity contribution is 4.55. The summed E-state index contributed by atoms with van der Waals surface area (Å²) >= 11 is 0. The number of nitrogens with zero attached hydrogens (tertiary/aromatic N) is 2. The van der Waals surface area contributed by atoms with E-state index >= 15 is 0 Å². The molecule has 0 saturated heterocycles. The molecule has 4 N–H and O–H groups in total. The normalized spacial score (nSPS) is 12.4. The van der Waals surface area contributed by atoms with E-state index in [1.165, 1.54) is 167 Å². The van der Waals surface area contributed by atoms with Crippen LogP contribution in [0.2, 0.25) is 0 Å². The third kappa shape index (κ3) is 26.7. The molecule has 6 nitrogen and oxygen atoms in total. The molecule has 0 atom stereocenters. The predicted molar refractivity (Wildman–Crippen MR) is 199 cm³/mol. The van der Waals surface area contributed by atoms with Gasteiger partial charge in [0, 0.05) is 0 Å². The maximum Gasteiger partial charge on any atom is 0.102 e. The zero-order valence-electron chi connectivity index (χ0n) is 31.6. The minimum Gasteiger partial charge on any atom is -0.391 e. The van der Waals surface area contributed by atoms with E-state index in [-0.39, 0.29) is 26.4 Å². The van der Waals surface area contributed by atoms with Gasteiger partial charge in [-0.3, -0.25) is 0 Å². The van der Waals surface area contributed by atoms with Crippen LogP contribution in [-0.4, -0.2) is 108 Å². The molecule has 0 unspecified atom stereocenters. The van der Waals surface area contributed by atoms with Gasteiger partial charge in [-0.05, 0) is 51.4 Å². The highest BCUT2D eigenvalue weighted by atomic mass is 16.3. The molecule has 0 aromatic rings. The number of hydrogen-bond acceptors (Lipinski definition) is 4. The lowest BCUT2D eigenvalue weighted by molar-refractivity contribution is -0.929. The minimum atomic E-state index is 0.207. The Labute approximate surface area is 288 Å². The van der Waals surface area contributed by atoms with Crippen LogP contribution in [0.5, 0.6) is 0 Å². The van der Waals surface area contributed by atoms with Gasteiger partial charge in [-0.25, -0.2) is 0 Å². The van der Waals surface area contributed by atoms with Crippen molar-refractivity contribution in [1.29, 1.82) is 0 Å². The Morgan fingerprint density at radius 3 is 0.587 bits per heavy atom. The van der Waals surface area contributed by atoms with Crippen LogP contribution in [0.15, 0.2) is 0 Å². The molecule has 0 bridgehead atoms. The summed E-state index contributed by atoms with van der Waals surface area (Å²) in [5, 5.41) is 39.3. The first-order valence-electron chi connectivity index (χ1n) is 20.7. The van der Waals surface area contributed by atoms with E-state index < -0.39 is 0 Å². The van der Waals surface area contributed by atoms with Gasteiger partial charge in [0.25, 0.3) is 0 Å². The summed E-state index contributed by atoms with van der Waals surface area (Å²) in [6, 6.07) is 0. The Bertz CT molecular complexity index is 530. The molecule has 0 aliphatic rings. The van der Waals surface area contributed by atoms with Crippen molar-refractivity contribution in [3.63, 3.8) is 0 Å². The molecular weight excluding hydrogens is 572 g/mol. The molecule has 46 heavy (non-hydrogen) atoms. The maximum atomic E-state index is 9.84. The van der Waals surface area contributed by atoms with Crippen LogP contribution in [0.25, 0.3) is 0 Å². The largest absolute Gasteiger partial charge is 0.391 e. The van der Waals surface area contributed by atoms with Crippen molar-refractivity contribution < 1.29 is 29.4 Å². The zero-order chi connectivity index (χ0) is 33.9. The van der Waals surface area contributed by atoms with Gasteiger partial charge in [0.2, 0.25) is 0 Å². The predicted octanol–water partition coefficient (Wildman–Crippen LogP) is 8.77. The fourth-order valence-corrected chi connectivity index (χ4v) is 7.66. The van der Waals surface area contributed by atoms with Gasteiger partial charge in [-0.15, -0.1) is 0 Å². The van der Waals surface area contributed by atoms with Crippen molar-refractivity contribution in [2.24, 2.45) is 0 Å². The molecule has 0 aromatic heterocycles. The summed E-state index contributed by atoms with van der Waals surface area (Å²) in [7, 11) is 0. The smallest absolute Gasteiger partial charge is 0.102 e. The van der Waals surface area contributed by atoms with Crippen LogP contribution < -0.4 is 0 Å². The fourth-order valence-electron chi connectivity index (χ4n) is 7.66. The maximum absolute atomic E-state index is 9.84. The van der Waals surface area contributed by atoms with E-state index in [0.29, 0.717) is 0 Å². The summed E-state index contributed by atoms with van der Waals surface area (Å²) in [6.07, 6.45) is 34.1. The number of hydrogen-bond donors (Lipinski definition) is 4. The minimum absolute atomic E-state index is 0.207. The lowest BCUT2D eigenvalue weighted by Gasteiger charge is -2.38. The van der Waals surface area contributed by atoms with E-state index in [9.17, 15) is 20.4 Å². The van der Waals surface area contributed by atoms with E-state index in [1.807, 2.05) is 0 Å². The number of aliphatic hydroxyl groups is 4. The molecule has 0 aliphatic heterocycles. The molecule has 278 valence electrons. The summed E-state index contributed by atoms with van der Waals surface area (Å²) in [5.41, 5.74) is 0. The summed E-state index contributed by atoms with van der Waals surface area (Å²) in [5.74, 6) is 0. The Hall–Kier alpha value is -0.240. The molecule has 0 aliphatic carbocycles. The van der Waals surface area contributed by atoms with Gasteiger partial charge >= 0.3 is 0 Å². The van der Waals surface area contributed by atoms with Crippen molar-refractivity contribution in [1.82, 2.24) is 0 Å². The van der Waals surface area contributed by atoms with Crippen LogP contribution in [-0.2, 0) is 0 Å². The highest BCUT2D eigenvalue weighted by Crippen LogP contribution is 2.19. The monoisotopic (exact) mass is 659 g/mol. The van der Waals surface area contributed by atoms with E-state index in [4.69, 9.17) is 0 Å². The van der Waals surface area contributed by atoms with E-state index in [0.717, 1.165) is 61.3 Å². The van der Waals surface area contributed by atoms with Crippen LogP contribution >= 0.6 is 0 Å². The molecule has 0 spiro atoms. The standard InChI is InChI=1S/C40H86N2O4/c1-3-5-7-9-11-13-15-17-21-25-29-41(33-37-43,34-38-44)31-27-23-19-20-24-28-32-42(35-39-45,36-40-46)30-26-22-18-16-14-12-10-8-6-4-2/h43-46H,3-40H2,1-2H3/q+2. The topological polar surface area (TPSA) is 80.9 Å². The second kappa shape index (κ2) is 34.6. The summed E-state index contributed by atoms with van der Waals surface area (Å²) < 4.78 is 1.76. The van der Waals surface area contributed by atoms with Crippen molar-refractivity contribution >= 4 is 0 Å². The van der Waals surface area contributed by atoms with E-state index in [2.05, 4.69) is 13.8 Å². The highest BCUT2D eigenvalue weighted by Gasteiger charge is 2.26. The Morgan fingerprint density at radius 2 is 0.413 bits per heavy atom. The fraction of sp³-hybridized carbons (Fsp3) is 1.00. The molecule has 6 heteroatoms. The van der Waals surface area contributed by atoms with Gasteiger partial charge in [-0.1, -0.05) is 129 Å². The van der Waals surface area contributed by atoms with Crippen LogP contribution in [0.3, 0.4) is 0 Å². The molecule has 0 fully saturated rings. The molecule has 0 heterocycles. The number of aliphatic hydroxyl groups excluding tert-OH is 4. The van der Waals surface area contributed by atoms with Crippen molar-refractivity contribution in [3.8, 4) is 0 Å². The summed E-state index contributed by atoms with van der Waals surface area (Å²) in [4.78, 5) is 0. The first kappa shape index (κ1) is 45.8. The number of unbranched alkanes of at least 4 members (excludes halogenated alkanes) is 23. The average molecular weight is 659 g/mol. The van der Waals surface area contributed by atoms with Gasteiger partial charge < -0.3 is 29.4 Å². The van der Waals surface area contributed by atoms with Crippen molar-refractivity contribution in [2.75, 3.05) is 78.8 Å². The van der Waals surface area contributed by atoms with Crippen LogP contribution in [0.4, 0.5) is 0 Å². The first-order valence-corrected chi connectivity index (χ1v) is 20.7. The van der Waals surface area contributed by atoms with Gasteiger partial charge in [0.1, 0.15) is 26.2 Å². The van der Waals surface area contributed by atoms with Gasteiger partial charge in [0.05, 0.1) is 52.6 Å². The second-order valence-electron chi connectivity index (χ2n) is 14.9. The van der Waals surface area contributed by atoms with Gasteiger partial charge in [0.15, 0.2) is 0 Å². The third-order valence-electron chi connectivity index (χ3n) is 10.8. The van der Waals surface area contributed by atoms with Crippen molar-refractivity contribution in [2.45, 2.75) is 181 Å². The van der Waals surface area contributed by atoms with Gasteiger partial charge in [-0.2, -0.15) is 0 Å².